The first-order chi connectivity index (χ1) is 11.6. The molecule has 24 heavy (non-hydrogen) atoms. The fourth-order valence-corrected chi connectivity index (χ4v) is 2.91. The third kappa shape index (κ3) is 5.60. The summed E-state index contributed by atoms with van der Waals surface area (Å²) in [6, 6.07) is 17.3. The van der Waals surface area contributed by atoms with Crippen molar-refractivity contribution in [2.24, 2.45) is 5.92 Å². The quantitative estimate of drug-likeness (QED) is 0.480. The zero-order valence-corrected chi connectivity index (χ0v) is 15.3. The van der Waals surface area contributed by atoms with E-state index in [2.05, 4.69) is 28.1 Å². The number of methoxy groups -OCH3 is 1. The van der Waals surface area contributed by atoms with Crippen LogP contribution in [0.25, 0.3) is 0 Å². The number of ketones is 1. The molecule has 2 rings (SSSR count). The number of hydrogen-bond donors (Lipinski definition) is 0. The standard InChI is InChI=1S/C20H21BrO3/c1-24-20(23)17(9-5-8-15-6-3-2-4-7-15)14-19(22)16-10-12-18(21)13-11-16/h2-4,6-7,10-13,17H,5,8-9,14H2,1H3. The fraction of sp³-hybridized carbons (Fsp3) is 0.300. The van der Waals surface area contributed by atoms with Crippen LogP contribution >= 0.6 is 15.9 Å². The van der Waals surface area contributed by atoms with E-state index in [1.165, 1.54) is 12.7 Å². The molecule has 0 bridgehead atoms. The Morgan fingerprint density at radius 1 is 1.04 bits per heavy atom. The number of benzene rings is 2. The van der Waals surface area contributed by atoms with Gasteiger partial charge in [-0.3, -0.25) is 9.59 Å². The van der Waals surface area contributed by atoms with E-state index < -0.39 is 5.92 Å². The molecule has 0 aromatic heterocycles. The number of rotatable bonds is 8. The molecule has 0 saturated heterocycles. The fourth-order valence-electron chi connectivity index (χ4n) is 2.64. The highest BCUT2D eigenvalue weighted by atomic mass is 79.9. The molecule has 0 saturated carbocycles. The highest BCUT2D eigenvalue weighted by molar-refractivity contribution is 9.10. The summed E-state index contributed by atoms with van der Waals surface area (Å²) >= 11 is 3.35. The van der Waals surface area contributed by atoms with Crippen LogP contribution < -0.4 is 0 Å². The van der Waals surface area contributed by atoms with Crippen molar-refractivity contribution in [3.05, 3.63) is 70.2 Å². The van der Waals surface area contributed by atoms with Gasteiger partial charge < -0.3 is 4.74 Å². The van der Waals surface area contributed by atoms with Crippen LogP contribution in [0, 0.1) is 5.92 Å². The predicted octanol–water partition coefficient (Wildman–Crippen LogP) is 4.83. The predicted molar refractivity (Wildman–Crippen MR) is 98.0 cm³/mol. The van der Waals surface area contributed by atoms with E-state index in [0.717, 1.165) is 17.3 Å². The summed E-state index contributed by atoms with van der Waals surface area (Å²) in [5.74, 6) is -0.735. The summed E-state index contributed by atoms with van der Waals surface area (Å²) in [5.41, 5.74) is 1.86. The van der Waals surface area contributed by atoms with Gasteiger partial charge in [0, 0.05) is 16.5 Å². The molecule has 0 heterocycles. The van der Waals surface area contributed by atoms with E-state index >= 15 is 0 Å². The third-order valence-corrected chi connectivity index (χ3v) is 4.52. The Hall–Kier alpha value is -1.94. The summed E-state index contributed by atoms with van der Waals surface area (Å²) in [4.78, 5) is 24.4. The maximum Gasteiger partial charge on any atom is 0.309 e. The van der Waals surface area contributed by atoms with Crippen LogP contribution in [0.5, 0.6) is 0 Å². The number of carbonyl (C=O) groups excluding carboxylic acids is 2. The third-order valence-electron chi connectivity index (χ3n) is 3.99. The molecule has 2 aromatic rings. The van der Waals surface area contributed by atoms with Crippen molar-refractivity contribution in [2.75, 3.05) is 7.11 Å². The van der Waals surface area contributed by atoms with Crippen LogP contribution in [-0.4, -0.2) is 18.9 Å². The number of halogens is 1. The molecule has 0 radical (unpaired) electrons. The molecule has 2 aromatic carbocycles. The average molecular weight is 389 g/mol. The summed E-state index contributed by atoms with van der Waals surface area (Å²) in [6.45, 7) is 0. The van der Waals surface area contributed by atoms with Crippen LogP contribution in [0.15, 0.2) is 59.1 Å². The van der Waals surface area contributed by atoms with E-state index in [1.807, 2.05) is 30.3 Å². The Bertz CT molecular complexity index is 665. The molecular formula is C20H21BrO3. The van der Waals surface area contributed by atoms with Gasteiger partial charge in [-0.1, -0.05) is 58.4 Å². The number of esters is 1. The van der Waals surface area contributed by atoms with Gasteiger partial charge >= 0.3 is 5.97 Å². The van der Waals surface area contributed by atoms with Crippen LogP contribution in [-0.2, 0) is 16.0 Å². The lowest BCUT2D eigenvalue weighted by molar-refractivity contribution is -0.145. The van der Waals surface area contributed by atoms with E-state index in [1.54, 1.807) is 12.1 Å². The SMILES string of the molecule is COC(=O)C(CCCc1ccccc1)CC(=O)c1ccc(Br)cc1. The lowest BCUT2D eigenvalue weighted by Crippen LogP contribution is -2.20. The van der Waals surface area contributed by atoms with Gasteiger partial charge in [-0.15, -0.1) is 0 Å². The first-order valence-electron chi connectivity index (χ1n) is 8.00. The normalized spacial score (nSPS) is 11.8. The van der Waals surface area contributed by atoms with Crippen molar-refractivity contribution in [3.8, 4) is 0 Å². The van der Waals surface area contributed by atoms with Crippen LogP contribution in [0.1, 0.15) is 35.2 Å². The van der Waals surface area contributed by atoms with Crippen molar-refractivity contribution < 1.29 is 14.3 Å². The van der Waals surface area contributed by atoms with E-state index in [9.17, 15) is 9.59 Å². The monoisotopic (exact) mass is 388 g/mol. The maximum atomic E-state index is 12.4. The minimum atomic E-state index is -0.394. The number of carbonyl (C=O) groups is 2. The second-order valence-electron chi connectivity index (χ2n) is 5.73. The highest BCUT2D eigenvalue weighted by Gasteiger charge is 2.23. The number of Topliss-reactive ketones (excluding diaryl/α,β-unsaturated/α-hetero) is 1. The van der Waals surface area contributed by atoms with Crippen molar-refractivity contribution in [1.29, 1.82) is 0 Å². The van der Waals surface area contributed by atoms with Crippen molar-refractivity contribution in [2.45, 2.75) is 25.7 Å². The highest BCUT2D eigenvalue weighted by Crippen LogP contribution is 2.20. The van der Waals surface area contributed by atoms with Gasteiger partial charge in [0.2, 0.25) is 0 Å². The topological polar surface area (TPSA) is 43.4 Å². The molecule has 0 aliphatic heterocycles. The smallest absolute Gasteiger partial charge is 0.309 e. The second-order valence-corrected chi connectivity index (χ2v) is 6.65. The molecule has 0 N–H and O–H groups in total. The lowest BCUT2D eigenvalue weighted by Gasteiger charge is -2.14. The summed E-state index contributed by atoms with van der Waals surface area (Å²) in [6.07, 6.45) is 2.56. The van der Waals surface area contributed by atoms with Crippen LogP contribution in [0.3, 0.4) is 0 Å². The largest absolute Gasteiger partial charge is 0.469 e. The molecule has 0 fully saturated rings. The second kappa shape index (κ2) is 9.38. The number of aryl methyl sites for hydroxylation is 1. The van der Waals surface area contributed by atoms with Crippen molar-refractivity contribution in [3.63, 3.8) is 0 Å². The molecule has 0 amide bonds. The number of ether oxygens (including phenoxy) is 1. The van der Waals surface area contributed by atoms with Gasteiger partial charge in [0.05, 0.1) is 13.0 Å². The summed E-state index contributed by atoms with van der Waals surface area (Å²) < 4.78 is 5.79. The minimum Gasteiger partial charge on any atom is -0.469 e. The lowest BCUT2D eigenvalue weighted by atomic mass is 9.92. The van der Waals surface area contributed by atoms with Gasteiger partial charge in [0.25, 0.3) is 0 Å². The molecule has 0 aliphatic carbocycles. The summed E-state index contributed by atoms with van der Waals surface area (Å²) in [5, 5.41) is 0. The Labute approximate surface area is 151 Å². The zero-order chi connectivity index (χ0) is 17.4. The Balaban J connectivity index is 1.93. The number of hydrogen-bond acceptors (Lipinski definition) is 3. The Kier molecular flexibility index (Phi) is 7.19. The molecular weight excluding hydrogens is 368 g/mol. The first kappa shape index (κ1) is 18.4. The van der Waals surface area contributed by atoms with Gasteiger partial charge in [-0.05, 0) is 37.0 Å². The molecule has 3 nitrogen and oxygen atoms in total. The van der Waals surface area contributed by atoms with E-state index in [-0.39, 0.29) is 18.2 Å². The van der Waals surface area contributed by atoms with E-state index in [0.29, 0.717) is 12.0 Å². The molecule has 0 spiro atoms. The molecule has 1 atom stereocenters. The minimum absolute atomic E-state index is 0.0300. The van der Waals surface area contributed by atoms with Crippen LogP contribution in [0.4, 0.5) is 0 Å². The molecule has 4 heteroatoms. The van der Waals surface area contributed by atoms with Gasteiger partial charge in [-0.2, -0.15) is 0 Å². The first-order valence-corrected chi connectivity index (χ1v) is 8.80. The van der Waals surface area contributed by atoms with Crippen LogP contribution in [0.2, 0.25) is 0 Å². The van der Waals surface area contributed by atoms with Gasteiger partial charge in [0.15, 0.2) is 5.78 Å². The van der Waals surface area contributed by atoms with Gasteiger partial charge in [-0.25, -0.2) is 0 Å². The van der Waals surface area contributed by atoms with Crippen molar-refractivity contribution >= 4 is 27.7 Å². The van der Waals surface area contributed by atoms with Crippen molar-refractivity contribution in [1.82, 2.24) is 0 Å². The Morgan fingerprint density at radius 3 is 2.33 bits per heavy atom. The molecule has 0 aliphatic rings. The molecule has 126 valence electrons. The molecule has 1 unspecified atom stereocenters. The Morgan fingerprint density at radius 2 is 1.71 bits per heavy atom. The maximum absolute atomic E-state index is 12.4. The van der Waals surface area contributed by atoms with Gasteiger partial charge in [0.1, 0.15) is 0 Å². The van der Waals surface area contributed by atoms with E-state index in [4.69, 9.17) is 4.74 Å². The summed E-state index contributed by atoms with van der Waals surface area (Å²) in [7, 11) is 1.37. The zero-order valence-electron chi connectivity index (χ0n) is 13.7. The average Bonchev–Trinajstić information content (AvgIpc) is 2.61.